The van der Waals surface area contributed by atoms with Crippen molar-refractivity contribution in [1.82, 2.24) is 19.1 Å². The Kier molecular flexibility index (Phi) is 5.31. The van der Waals surface area contributed by atoms with Crippen molar-refractivity contribution >= 4 is 11.0 Å². The predicted molar refractivity (Wildman–Crippen MR) is 100 cm³/mol. The molecule has 2 heterocycles. The number of aryl methyl sites for hydroxylation is 2. The van der Waals surface area contributed by atoms with E-state index in [2.05, 4.69) is 9.97 Å². The first-order chi connectivity index (χ1) is 13.1. The van der Waals surface area contributed by atoms with E-state index in [1.807, 2.05) is 13.8 Å². The van der Waals surface area contributed by atoms with Crippen LogP contribution in [0.3, 0.4) is 0 Å². The van der Waals surface area contributed by atoms with Crippen molar-refractivity contribution < 1.29 is 20.4 Å². The Labute approximate surface area is 159 Å². The molecule has 0 bridgehead atoms. The van der Waals surface area contributed by atoms with Crippen molar-refractivity contribution in [3.8, 4) is 11.5 Å². The topological polar surface area (TPSA) is 151 Å². The zero-order valence-corrected chi connectivity index (χ0v) is 15.7. The average Bonchev–Trinajstić information content (AvgIpc) is 2.67. The van der Waals surface area contributed by atoms with Gasteiger partial charge in [0, 0.05) is 7.05 Å². The average molecular weight is 390 g/mol. The second-order valence-corrected chi connectivity index (χ2v) is 6.89. The van der Waals surface area contributed by atoms with E-state index in [0.29, 0.717) is 11.0 Å². The molecule has 1 aromatic carbocycles. The highest BCUT2D eigenvalue weighted by Crippen LogP contribution is 2.24. The van der Waals surface area contributed by atoms with E-state index in [1.165, 1.54) is 11.6 Å². The van der Waals surface area contributed by atoms with Crippen LogP contribution in [-0.2, 0) is 13.6 Å². The summed E-state index contributed by atoms with van der Waals surface area (Å²) >= 11 is 0. The first-order valence-electron chi connectivity index (χ1n) is 8.69. The minimum Gasteiger partial charge on any atom is -0.394 e. The molecule has 0 fully saturated rings. The second kappa shape index (κ2) is 7.40. The first kappa shape index (κ1) is 20.1. The zero-order chi connectivity index (χ0) is 20.7. The Morgan fingerprint density at radius 2 is 1.68 bits per heavy atom. The summed E-state index contributed by atoms with van der Waals surface area (Å²) in [6.45, 7) is 2.75. The van der Waals surface area contributed by atoms with E-state index in [0.717, 1.165) is 15.7 Å². The van der Waals surface area contributed by atoms with Crippen LogP contribution in [0.1, 0.15) is 11.1 Å². The number of hydrogen-bond acceptors (Lipinski definition) is 8. The first-order valence-corrected chi connectivity index (χ1v) is 8.69. The molecule has 0 aromatic heterocycles. The van der Waals surface area contributed by atoms with Gasteiger partial charge in [-0.15, -0.1) is 0 Å². The van der Waals surface area contributed by atoms with Crippen LogP contribution in [0.5, 0.6) is 0 Å². The molecule has 4 N–H and O–H groups in total. The summed E-state index contributed by atoms with van der Waals surface area (Å²) in [6, 6.07) is 3.55. The minimum atomic E-state index is -1.64. The van der Waals surface area contributed by atoms with Gasteiger partial charge < -0.3 is 25.0 Å². The van der Waals surface area contributed by atoms with Crippen molar-refractivity contribution in [1.29, 1.82) is 0 Å². The second-order valence-electron chi connectivity index (χ2n) is 6.89. The van der Waals surface area contributed by atoms with Crippen LogP contribution in [0.25, 0.3) is 22.6 Å². The molecule has 150 valence electrons. The van der Waals surface area contributed by atoms with Gasteiger partial charge in [-0.1, -0.05) is 0 Å². The molecule has 3 rings (SSSR count). The van der Waals surface area contributed by atoms with Gasteiger partial charge >= 0.3 is 5.69 Å². The van der Waals surface area contributed by atoms with E-state index in [9.17, 15) is 24.9 Å². The highest BCUT2D eigenvalue weighted by molar-refractivity contribution is 5.81. The number of aliphatic hydroxyl groups is 4. The van der Waals surface area contributed by atoms with Crippen molar-refractivity contribution in [3.63, 3.8) is 0 Å². The molecular formula is C18H22N4O6. The quantitative estimate of drug-likeness (QED) is 0.376. The van der Waals surface area contributed by atoms with Crippen LogP contribution in [0, 0.1) is 13.8 Å². The molecule has 1 aromatic rings. The maximum atomic E-state index is 12.5. The molecule has 2 aliphatic heterocycles. The standard InChI is InChI=1S/C18H22N4O6/c1-8-4-10-11(5-9(8)2)22(6-12(24)15(26)13(25)7-23)16-14(19-10)17(27)21(3)18(28)20-16/h4-5,12-13,15,23-26H,6-7H2,1-3H3/t12-,13+,15-/m0/s1. The number of aromatic nitrogens is 4. The van der Waals surface area contributed by atoms with Gasteiger partial charge in [0.05, 0.1) is 24.2 Å². The smallest absolute Gasteiger partial charge is 0.352 e. The van der Waals surface area contributed by atoms with Gasteiger partial charge in [-0.25, -0.2) is 9.78 Å². The Bertz CT molecular complexity index is 1120. The summed E-state index contributed by atoms with van der Waals surface area (Å²) in [4.78, 5) is 32.9. The summed E-state index contributed by atoms with van der Waals surface area (Å²) < 4.78 is 2.26. The van der Waals surface area contributed by atoms with Crippen molar-refractivity contribution in [3.05, 3.63) is 44.1 Å². The van der Waals surface area contributed by atoms with Gasteiger partial charge in [0.25, 0.3) is 5.56 Å². The monoisotopic (exact) mass is 390 g/mol. The number of rotatable bonds is 5. The van der Waals surface area contributed by atoms with Gasteiger partial charge in [0.2, 0.25) is 0 Å². The molecule has 2 aliphatic rings. The maximum absolute atomic E-state index is 12.5. The van der Waals surface area contributed by atoms with Gasteiger partial charge in [0.1, 0.15) is 18.3 Å². The lowest BCUT2D eigenvalue weighted by atomic mass is 10.1. The predicted octanol–water partition coefficient (Wildman–Crippen LogP) is -1.71. The van der Waals surface area contributed by atoms with Gasteiger partial charge in [-0.3, -0.25) is 9.36 Å². The zero-order valence-electron chi connectivity index (χ0n) is 15.7. The minimum absolute atomic E-state index is 0.0337. The Morgan fingerprint density at radius 1 is 1.04 bits per heavy atom. The summed E-state index contributed by atoms with van der Waals surface area (Å²) in [5.41, 5.74) is 1.35. The van der Waals surface area contributed by atoms with Crippen molar-refractivity contribution in [2.75, 3.05) is 6.61 Å². The molecule has 0 saturated heterocycles. The number of hydrogen-bond donors (Lipinski definition) is 4. The molecule has 0 unspecified atom stereocenters. The molecule has 28 heavy (non-hydrogen) atoms. The molecule has 0 saturated carbocycles. The molecule has 0 aliphatic carbocycles. The van der Waals surface area contributed by atoms with Crippen LogP contribution in [0.2, 0.25) is 0 Å². The van der Waals surface area contributed by atoms with Crippen LogP contribution in [0.4, 0.5) is 0 Å². The molecule has 0 amide bonds. The molecule has 3 atom stereocenters. The van der Waals surface area contributed by atoms with E-state index in [4.69, 9.17) is 5.11 Å². The molecule has 0 radical (unpaired) electrons. The number of nitrogens with zero attached hydrogens (tertiary/aromatic N) is 4. The van der Waals surface area contributed by atoms with Crippen molar-refractivity contribution in [2.24, 2.45) is 7.05 Å². The number of benzene rings is 1. The highest BCUT2D eigenvalue weighted by Gasteiger charge is 2.28. The lowest BCUT2D eigenvalue weighted by Crippen LogP contribution is -2.42. The lowest BCUT2D eigenvalue weighted by Gasteiger charge is -2.25. The summed E-state index contributed by atoms with van der Waals surface area (Å²) in [6.07, 6.45) is -4.68. The van der Waals surface area contributed by atoms with E-state index >= 15 is 0 Å². The van der Waals surface area contributed by atoms with E-state index in [-0.39, 0.29) is 18.1 Å². The number of aliphatic hydroxyl groups excluding tert-OH is 4. The molecular weight excluding hydrogens is 368 g/mol. The highest BCUT2D eigenvalue weighted by atomic mass is 16.4. The normalized spacial score (nSPS) is 15.1. The fourth-order valence-electron chi connectivity index (χ4n) is 3.02. The third-order valence-electron chi connectivity index (χ3n) is 4.92. The third kappa shape index (κ3) is 3.31. The molecule has 10 heteroatoms. The Hall–Kier alpha value is -2.66. The van der Waals surface area contributed by atoms with E-state index in [1.54, 1.807) is 12.1 Å². The maximum Gasteiger partial charge on any atom is 0.352 e. The summed E-state index contributed by atoms with van der Waals surface area (Å²) in [7, 11) is 1.30. The summed E-state index contributed by atoms with van der Waals surface area (Å²) in [5, 5.41) is 39.0. The lowest BCUT2D eigenvalue weighted by molar-refractivity contribution is -0.0802. The third-order valence-corrected chi connectivity index (χ3v) is 4.92. The Balaban J connectivity index is 2.32. The van der Waals surface area contributed by atoms with Gasteiger partial charge in [-0.2, -0.15) is 4.98 Å². The SMILES string of the molecule is Cc1cc2nc3c(=O)n(C)c(=O)nc-3n(C[C@H](O)[C@H](O)[C@H](O)CO)c2cc1C. The van der Waals surface area contributed by atoms with Crippen LogP contribution in [0.15, 0.2) is 21.7 Å². The van der Waals surface area contributed by atoms with Crippen LogP contribution < -0.4 is 11.2 Å². The van der Waals surface area contributed by atoms with Gasteiger partial charge in [0.15, 0.2) is 11.5 Å². The van der Waals surface area contributed by atoms with Crippen LogP contribution >= 0.6 is 0 Å². The van der Waals surface area contributed by atoms with Crippen molar-refractivity contribution in [2.45, 2.75) is 38.7 Å². The largest absolute Gasteiger partial charge is 0.394 e. The molecule has 0 spiro atoms. The molecule has 10 nitrogen and oxygen atoms in total. The van der Waals surface area contributed by atoms with Crippen LogP contribution in [-0.4, -0.2) is 64.4 Å². The fraction of sp³-hybridized carbons (Fsp3) is 0.444. The summed E-state index contributed by atoms with van der Waals surface area (Å²) in [5.74, 6) is -0.0337. The fourth-order valence-corrected chi connectivity index (χ4v) is 3.02. The van der Waals surface area contributed by atoms with Gasteiger partial charge in [-0.05, 0) is 37.1 Å². The number of fused-ring (bicyclic) bond motifs is 2. The van der Waals surface area contributed by atoms with E-state index < -0.39 is 36.2 Å². The Morgan fingerprint density at radius 3 is 2.32 bits per heavy atom.